The predicted molar refractivity (Wildman–Crippen MR) is 102 cm³/mol. The molecule has 1 aliphatic rings. The van der Waals surface area contributed by atoms with Gasteiger partial charge in [0.15, 0.2) is 0 Å². The van der Waals surface area contributed by atoms with Crippen molar-refractivity contribution in [3.63, 3.8) is 0 Å². The van der Waals surface area contributed by atoms with Crippen molar-refractivity contribution in [2.24, 2.45) is 5.92 Å². The molecular formula is C19H19FN4O4S. The Balaban J connectivity index is 1.27. The number of carbonyl (C=O) groups excluding carboxylic acids is 1. The molecule has 1 atom stereocenters. The number of halogens is 1. The molecule has 0 bridgehead atoms. The lowest BCUT2D eigenvalue weighted by atomic mass is 9.78. The number of aliphatic hydroxyl groups excluding tert-OH is 1. The highest BCUT2D eigenvalue weighted by Crippen LogP contribution is 2.31. The third kappa shape index (κ3) is 4.48. The third-order valence-corrected chi connectivity index (χ3v) is 5.30. The van der Waals surface area contributed by atoms with E-state index in [1.807, 2.05) is 0 Å². The molecule has 2 heterocycles. The number of amides is 1. The molecule has 10 heteroatoms. The van der Waals surface area contributed by atoms with E-state index in [1.165, 1.54) is 0 Å². The van der Waals surface area contributed by atoms with Gasteiger partial charge >= 0.3 is 0 Å². The zero-order valence-electron chi connectivity index (χ0n) is 15.5. The summed E-state index contributed by atoms with van der Waals surface area (Å²) in [5.41, 5.74) is 1.26. The van der Waals surface area contributed by atoms with Gasteiger partial charge < -0.3 is 19.4 Å². The van der Waals surface area contributed by atoms with Gasteiger partial charge in [-0.15, -0.1) is 10.2 Å². The summed E-state index contributed by atoms with van der Waals surface area (Å²) in [7, 11) is 0. The van der Waals surface area contributed by atoms with Crippen LogP contribution < -0.4 is 5.32 Å². The largest absolute Gasteiger partial charge is 0.422 e. The Bertz CT molecular complexity index is 982. The number of benzene rings is 1. The van der Waals surface area contributed by atoms with Crippen molar-refractivity contribution in [2.45, 2.75) is 43.2 Å². The molecular weight excluding hydrogens is 399 g/mol. The fraction of sp³-hybridized carbons (Fsp3) is 0.368. The summed E-state index contributed by atoms with van der Waals surface area (Å²) in [5.74, 6) is 0.846. The molecule has 1 amide bonds. The van der Waals surface area contributed by atoms with Crippen LogP contribution in [-0.2, 0) is 6.42 Å². The molecule has 3 aromatic rings. The Hall–Kier alpha value is -2.72. The van der Waals surface area contributed by atoms with Gasteiger partial charge in [0.1, 0.15) is 11.8 Å². The number of hydrogen-bond acceptors (Lipinski definition) is 8. The van der Waals surface area contributed by atoms with E-state index in [2.05, 4.69) is 20.7 Å². The lowest BCUT2D eigenvalue weighted by Gasteiger charge is -2.34. The van der Waals surface area contributed by atoms with Gasteiger partial charge in [0.25, 0.3) is 5.91 Å². The van der Waals surface area contributed by atoms with Gasteiger partial charge in [-0.3, -0.25) is 4.79 Å². The minimum absolute atomic E-state index is 0.0427. The second-order valence-corrected chi connectivity index (χ2v) is 7.73. The summed E-state index contributed by atoms with van der Waals surface area (Å²) in [6.45, 7) is 1.57. The van der Waals surface area contributed by atoms with Crippen molar-refractivity contribution in [3.8, 4) is 11.3 Å². The molecule has 1 saturated carbocycles. The van der Waals surface area contributed by atoms with Crippen molar-refractivity contribution < 1.29 is 22.7 Å². The summed E-state index contributed by atoms with van der Waals surface area (Å²) in [6.07, 6.45) is 1.42. The van der Waals surface area contributed by atoms with E-state index >= 15 is 0 Å². The number of aliphatic hydroxyl groups is 1. The van der Waals surface area contributed by atoms with Crippen molar-refractivity contribution in [2.75, 3.05) is 0 Å². The number of rotatable bonds is 7. The average molecular weight is 418 g/mol. The van der Waals surface area contributed by atoms with Crippen molar-refractivity contribution in [1.82, 2.24) is 20.7 Å². The third-order valence-electron chi connectivity index (χ3n) is 4.85. The minimum Gasteiger partial charge on any atom is -0.422 e. The van der Waals surface area contributed by atoms with Gasteiger partial charge in [-0.05, 0) is 37.8 Å². The highest BCUT2D eigenvalue weighted by atomic mass is 32.2. The van der Waals surface area contributed by atoms with Gasteiger partial charge in [-0.1, -0.05) is 17.3 Å². The first-order valence-electron chi connectivity index (χ1n) is 9.18. The van der Waals surface area contributed by atoms with Crippen molar-refractivity contribution in [3.05, 3.63) is 47.9 Å². The summed E-state index contributed by atoms with van der Waals surface area (Å²) in [4.78, 5) is 12.9. The second-order valence-electron chi connectivity index (χ2n) is 7.10. The van der Waals surface area contributed by atoms with Gasteiger partial charge in [-0.25, -0.2) is 0 Å². The number of aromatic nitrogens is 3. The first kappa shape index (κ1) is 19.6. The van der Waals surface area contributed by atoms with Gasteiger partial charge in [0, 0.05) is 29.0 Å². The van der Waals surface area contributed by atoms with Crippen LogP contribution in [0.25, 0.3) is 11.3 Å². The fourth-order valence-corrected chi connectivity index (χ4v) is 3.48. The van der Waals surface area contributed by atoms with E-state index in [1.54, 1.807) is 37.3 Å². The molecule has 8 nitrogen and oxygen atoms in total. The van der Waals surface area contributed by atoms with Crippen LogP contribution >= 0.6 is 12.1 Å². The van der Waals surface area contributed by atoms with Crippen LogP contribution in [-0.4, -0.2) is 32.4 Å². The zero-order valence-corrected chi connectivity index (χ0v) is 16.4. The Morgan fingerprint density at radius 2 is 2.10 bits per heavy atom. The molecule has 29 heavy (non-hydrogen) atoms. The van der Waals surface area contributed by atoms with Crippen LogP contribution in [0, 0.1) is 5.92 Å². The van der Waals surface area contributed by atoms with E-state index in [9.17, 15) is 13.8 Å². The Kier molecular flexibility index (Phi) is 5.63. The van der Waals surface area contributed by atoms with Crippen molar-refractivity contribution in [1.29, 1.82) is 0 Å². The molecule has 0 spiro atoms. The summed E-state index contributed by atoms with van der Waals surface area (Å²) >= 11 is 0.169. The molecule has 1 fully saturated rings. The van der Waals surface area contributed by atoms with Crippen LogP contribution in [0.15, 0.2) is 44.2 Å². The highest BCUT2D eigenvalue weighted by Gasteiger charge is 2.32. The van der Waals surface area contributed by atoms with Gasteiger partial charge in [0.2, 0.25) is 17.5 Å². The predicted octanol–water partition coefficient (Wildman–Crippen LogP) is 3.51. The fourth-order valence-electron chi connectivity index (χ4n) is 3.24. The van der Waals surface area contributed by atoms with Gasteiger partial charge in [0.05, 0.1) is 12.1 Å². The normalized spacial score (nSPS) is 19.6. The molecule has 0 aliphatic heterocycles. The number of nitrogens with zero attached hydrogens (tertiary/aromatic N) is 3. The number of hydrogen-bond donors (Lipinski definition) is 2. The molecule has 1 aliphatic carbocycles. The molecule has 0 radical (unpaired) electrons. The SMILES string of the molecule is C[C@@H](O)c1nnc(C[C@H]2C[C@H](NC(=O)c3cc(-c4ccc(SF)cc4)no3)C2)o1. The monoisotopic (exact) mass is 418 g/mol. The van der Waals surface area contributed by atoms with Gasteiger partial charge in [-0.2, -0.15) is 3.89 Å². The maximum absolute atomic E-state index is 12.5. The van der Waals surface area contributed by atoms with Crippen LogP contribution in [0.5, 0.6) is 0 Å². The lowest BCUT2D eigenvalue weighted by Crippen LogP contribution is -2.44. The molecule has 0 saturated heterocycles. The molecule has 1 aromatic carbocycles. The quantitative estimate of drug-likeness (QED) is 0.599. The van der Waals surface area contributed by atoms with Crippen LogP contribution in [0.2, 0.25) is 0 Å². The topological polar surface area (TPSA) is 114 Å². The standard InChI is InChI=1S/C19H19FN4O4S/c1-10(25)19-23-22-17(27-19)8-11-6-13(7-11)21-18(26)16-9-15(24-28-16)12-2-4-14(29-20)5-3-12/h2-5,9-11,13,25H,6-8H2,1H3,(H,21,26)/t10-,11-,13-/m1/s1. The Morgan fingerprint density at radius 1 is 1.34 bits per heavy atom. The molecule has 0 unspecified atom stereocenters. The first-order chi connectivity index (χ1) is 14.0. The number of nitrogens with one attached hydrogen (secondary N) is 1. The van der Waals surface area contributed by atoms with Crippen LogP contribution in [0.1, 0.15) is 48.2 Å². The molecule has 4 rings (SSSR count). The Labute approximate surface area is 170 Å². The molecule has 152 valence electrons. The summed E-state index contributed by atoms with van der Waals surface area (Å²) in [6, 6.07) is 8.32. The lowest BCUT2D eigenvalue weighted by molar-refractivity contribution is 0.0848. The second kappa shape index (κ2) is 8.34. The summed E-state index contributed by atoms with van der Waals surface area (Å²) < 4.78 is 23.1. The first-order valence-corrected chi connectivity index (χ1v) is 9.90. The smallest absolute Gasteiger partial charge is 0.290 e. The maximum Gasteiger partial charge on any atom is 0.290 e. The highest BCUT2D eigenvalue weighted by molar-refractivity contribution is 7.94. The van der Waals surface area contributed by atoms with Crippen LogP contribution in [0.3, 0.4) is 0 Å². The zero-order chi connectivity index (χ0) is 20.4. The Morgan fingerprint density at radius 3 is 2.76 bits per heavy atom. The van der Waals surface area contributed by atoms with E-state index in [4.69, 9.17) is 8.94 Å². The van der Waals surface area contributed by atoms with Crippen LogP contribution in [0.4, 0.5) is 3.89 Å². The van der Waals surface area contributed by atoms with E-state index in [0.29, 0.717) is 28.8 Å². The van der Waals surface area contributed by atoms with E-state index in [0.717, 1.165) is 18.4 Å². The summed E-state index contributed by atoms with van der Waals surface area (Å²) in [5, 5.41) is 24.0. The molecule has 2 N–H and O–H groups in total. The van der Waals surface area contributed by atoms with Crippen molar-refractivity contribution >= 4 is 18.1 Å². The van der Waals surface area contributed by atoms with E-state index < -0.39 is 6.10 Å². The minimum atomic E-state index is -0.781. The van der Waals surface area contributed by atoms with E-state index in [-0.39, 0.29) is 35.7 Å². The maximum atomic E-state index is 12.5. The average Bonchev–Trinajstić information content (AvgIpc) is 3.36. The number of carbonyl (C=O) groups is 1. The molecule has 2 aromatic heterocycles.